The van der Waals surface area contributed by atoms with Crippen LogP contribution in [-0.4, -0.2) is 22.3 Å². The average Bonchev–Trinajstić information content (AvgIpc) is 3.35. The summed E-state index contributed by atoms with van der Waals surface area (Å²) >= 11 is 3.13. The Morgan fingerprint density at radius 3 is 3.04 bits per heavy atom. The predicted molar refractivity (Wildman–Crippen MR) is 99.8 cm³/mol. The van der Waals surface area contributed by atoms with E-state index in [-0.39, 0.29) is 5.91 Å². The molecule has 25 heavy (non-hydrogen) atoms. The van der Waals surface area contributed by atoms with E-state index < -0.39 is 0 Å². The van der Waals surface area contributed by atoms with E-state index in [2.05, 4.69) is 4.90 Å². The second kappa shape index (κ2) is 6.74. The number of rotatable bonds is 5. The lowest BCUT2D eigenvalue weighted by molar-refractivity contribution is 0.100. The van der Waals surface area contributed by atoms with Gasteiger partial charge in [0.05, 0.1) is 15.4 Å². The molecule has 1 fully saturated rings. The number of likely N-dealkylation sites (tertiary alicyclic amines) is 1. The summed E-state index contributed by atoms with van der Waals surface area (Å²) in [6.45, 7) is 3.76. The van der Waals surface area contributed by atoms with Crippen molar-refractivity contribution >= 4 is 28.6 Å². The van der Waals surface area contributed by atoms with E-state index in [1.54, 1.807) is 11.3 Å². The van der Waals surface area contributed by atoms with Gasteiger partial charge in [-0.25, -0.2) is 4.98 Å². The van der Waals surface area contributed by atoms with Crippen LogP contribution in [-0.2, 0) is 6.54 Å². The Morgan fingerprint density at radius 2 is 2.32 bits per heavy atom. The smallest absolute Gasteiger partial charge is 0.258 e. The van der Waals surface area contributed by atoms with E-state index in [0.717, 1.165) is 42.3 Å². The minimum atomic E-state index is -0.353. The van der Waals surface area contributed by atoms with Crippen LogP contribution in [0.25, 0.3) is 10.8 Å². The first kappa shape index (κ1) is 16.5. The van der Waals surface area contributed by atoms with Gasteiger partial charge < -0.3 is 10.2 Å². The minimum Gasteiger partial charge on any atom is -0.440 e. The van der Waals surface area contributed by atoms with Crippen LogP contribution >= 0.6 is 22.7 Å². The minimum absolute atomic E-state index is 0.319. The molecule has 0 bridgehead atoms. The van der Waals surface area contributed by atoms with Crippen molar-refractivity contribution in [1.29, 1.82) is 0 Å². The largest absolute Gasteiger partial charge is 0.440 e. The number of hydrogen-bond acceptors (Lipinski definition) is 6. The molecule has 0 radical (unpaired) electrons. The average molecular weight is 374 g/mol. The van der Waals surface area contributed by atoms with Gasteiger partial charge in [0.25, 0.3) is 5.91 Å². The number of carbonyl (C=O) groups is 1. The molecule has 0 aromatic carbocycles. The van der Waals surface area contributed by atoms with Crippen LogP contribution in [0, 0.1) is 6.92 Å². The molecular formula is C18H19N3O2S2. The van der Waals surface area contributed by atoms with E-state index in [1.807, 2.05) is 36.6 Å². The summed E-state index contributed by atoms with van der Waals surface area (Å²) < 4.78 is 5.86. The Kier molecular flexibility index (Phi) is 4.45. The molecule has 7 heteroatoms. The van der Waals surface area contributed by atoms with Crippen LogP contribution in [0.4, 0.5) is 0 Å². The van der Waals surface area contributed by atoms with Crippen molar-refractivity contribution in [2.75, 3.05) is 6.54 Å². The standard InChI is InChI=1S/C18H19N3O2S2/c1-11-12(20-18(23-11)16-5-3-9-24-16)10-21-8-2-4-13(21)14-6-7-15(25-14)17(19)22/h3,5-7,9,13H,2,4,8,10H2,1H3,(H2,19,22). The number of oxazole rings is 1. The van der Waals surface area contributed by atoms with Crippen molar-refractivity contribution in [1.82, 2.24) is 9.88 Å². The first-order chi connectivity index (χ1) is 12.1. The van der Waals surface area contributed by atoms with Gasteiger partial charge in [-0.2, -0.15) is 0 Å². The number of aryl methyl sites for hydroxylation is 1. The van der Waals surface area contributed by atoms with Gasteiger partial charge in [-0.3, -0.25) is 9.69 Å². The molecule has 0 aliphatic carbocycles. The fourth-order valence-electron chi connectivity index (χ4n) is 3.27. The van der Waals surface area contributed by atoms with Crippen LogP contribution in [0.15, 0.2) is 34.1 Å². The van der Waals surface area contributed by atoms with E-state index in [4.69, 9.17) is 15.1 Å². The molecule has 2 N–H and O–H groups in total. The summed E-state index contributed by atoms with van der Waals surface area (Å²) in [4.78, 5) is 21.4. The molecular weight excluding hydrogens is 354 g/mol. The normalized spacial score (nSPS) is 18.0. The maximum absolute atomic E-state index is 11.4. The molecule has 0 saturated carbocycles. The highest BCUT2D eigenvalue weighted by molar-refractivity contribution is 7.14. The van der Waals surface area contributed by atoms with Gasteiger partial charge in [-0.05, 0) is 49.9 Å². The number of carbonyl (C=O) groups excluding carboxylic acids is 1. The van der Waals surface area contributed by atoms with Crippen LogP contribution in [0.1, 0.15) is 44.9 Å². The van der Waals surface area contributed by atoms with Gasteiger partial charge in [0.1, 0.15) is 5.76 Å². The lowest BCUT2D eigenvalue weighted by Crippen LogP contribution is -2.22. The Labute approximate surface area is 154 Å². The first-order valence-electron chi connectivity index (χ1n) is 8.25. The van der Waals surface area contributed by atoms with Crippen LogP contribution < -0.4 is 5.73 Å². The lowest BCUT2D eigenvalue weighted by atomic mass is 10.2. The zero-order valence-electron chi connectivity index (χ0n) is 13.9. The van der Waals surface area contributed by atoms with Gasteiger partial charge in [0, 0.05) is 17.5 Å². The SMILES string of the molecule is Cc1oc(-c2cccs2)nc1CN1CCCC1c1ccc(C(N)=O)s1. The van der Waals surface area contributed by atoms with Gasteiger partial charge in [0.15, 0.2) is 0 Å². The number of hydrogen-bond donors (Lipinski definition) is 1. The van der Waals surface area contributed by atoms with Gasteiger partial charge in [-0.15, -0.1) is 22.7 Å². The van der Waals surface area contributed by atoms with E-state index in [0.29, 0.717) is 16.8 Å². The molecule has 1 atom stereocenters. The summed E-state index contributed by atoms with van der Waals surface area (Å²) in [5.74, 6) is 1.22. The number of amides is 1. The zero-order chi connectivity index (χ0) is 17.4. The molecule has 1 aliphatic rings. The number of nitrogens with zero attached hydrogens (tertiary/aromatic N) is 2. The molecule has 1 saturated heterocycles. The molecule has 3 aromatic heterocycles. The van der Waals surface area contributed by atoms with Crippen molar-refractivity contribution in [3.8, 4) is 10.8 Å². The lowest BCUT2D eigenvalue weighted by Gasteiger charge is -2.22. The first-order valence-corrected chi connectivity index (χ1v) is 9.95. The predicted octanol–water partition coefficient (Wildman–Crippen LogP) is 4.21. The topological polar surface area (TPSA) is 72.4 Å². The van der Waals surface area contributed by atoms with Crippen LogP contribution in [0.5, 0.6) is 0 Å². The highest BCUT2D eigenvalue weighted by Crippen LogP contribution is 2.37. The Balaban J connectivity index is 1.54. The van der Waals surface area contributed by atoms with E-state index in [1.165, 1.54) is 16.2 Å². The summed E-state index contributed by atoms with van der Waals surface area (Å²) in [6, 6.07) is 8.20. The van der Waals surface area contributed by atoms with Crippen molar-refractivity contribution in [2.45, 2.75) is 32.4 Å². The maximum atomic E-state index is 11.4. The molecule has 1 unspecified atom stereocenters. The zero-order valence-corrected chi connectivity index (χ0v) is 15.5. The number of thiophene rings is 2. The third-order valence-corrected chi connectivity index (χ3v) is 6.60. The second-order valence-electron chi connectivity index (χ2n) is 6.19. The molecule has 4 heterocycles. The Morgan fingerprint density at radius 1 is 1.44 bits per heavy atom. The van der Waals surface area contributed by atoms with Crippen molar-refractivity contribution in [3.63, 3.8) is 0 Å². The molecule has 4 rings (SSSR count). The molecule has 3 aromatic rings. The van der Waals surface area contributed by atoms with E-state index >= 15 is 0 Å². The fourth-order valence-corrected chi connectivity index (χ4v) is 4.95. The molecule has 0 spiro atoms. The second-order valence-corrected chi connectivity index (χ2v) is 8.26. The Bertz CT molecular complexity index is 882. The van der Waals surface area contributed by atoms with E-state index in [9.17, 15) is 4.79 Å². The van der Waals surface area contributed by atoms with Gasteiger partial charge in [0.2, 0.25) is 5.89 Å². The molecule has 1 aliphatic heterocycles. The summed E-state index contributed by atoms with van der Waals surface area (Å²) in [5.41, 5.74) is 6.38. The maximum Gasteiger partial charge on any atom is 0.258 e. The quantitative estimate of drug-likeness (QED) is 0.727. The third kappa shape index (κ3) is 3.27. The summed E-state index contributed by atoms with van der Waals surface area (Å²) in [5, 5.41) is 2.03. The van der Waals surface area contributed by atoms with Crippen molar-refractivity contribution < 1.29 is 9.21 Å². The fraction of sp³-hybridized carbons (Fsp3) is 0.333. The highest BCUT2D eigenvalue weighted by Gasteiger charge is 2.29. The monoisotopic (exact) mass is 373 g/mol. The number of primary amides is 1. The Hall–Kier alpha value is -1.96. The summed E-state index contributed by atoms with van der Waals surface area (Å²) in [6.07, 6.45) is 2.23. The molecule has 1 amide bonds. The molecule has 130 valence electrons. The summed E-state index contributed by atoms with van der Waals surface area (Å²) in [7, 11) is 0. The highest BCUT2D eigenvalue weighted by atomic mass is 32.1. The van der Waals surface area contributed by atoms with Gasteiger partial charge >= 0.3 is 0 Å². The molecule has 5 nitrogen and oxygen atoms in total. The van der Waals surface area contributed by atoms with Gasteiger partial charge in [-0.1, -0.05) is 6.07 Å². The number of nitrogens with two attached hydrogens (primary N) is 1. The number of aromatic nitrogens is 1. The van der Waals surface area contributed by atoms with Crippen molar-refractivity contribution in [3.05, 3.63) is 50.9 Å². The van der Waals surface area contributed by atoms with Crippen LogP contribution in [0.2, 0.25) is 0 Å². The van der Waals surface area contributed by atoms with Crippen molar-refractivity contribution in [2.24, 2.45) is 5.73 Å². The third-order valence-electron chi connectivity index (χ3n) is 4.54. The van der Waals surface area contributed by atoms with Crippen LogP contribution in [0.3, 0.4) is 0 Å².